The molecule has 0 saturated heterocycles. The average molecular weight is 300 g/mol. The van der Waals surface area contributed by atoms with Gasteiger partial charge in [0.25, 0.3) is 0 Å². The van der Waals surface area contributed by atoms with E-state index in [0.717, 1.165) is 29.7 Å². The first-order valence-electron chi connectivity index (χ1n) is 8.21. The zero-order valence-corrected chi connectivity index (χ0v) is 13.6. The molecule has 1 fully saturated rings. The Morgan fingerprint density at radius 1 is 1.23 bits per heavy atom. The second kappa shape index (κ2) is 5.75. The summed E-state index contributed by atoms with van der Waals surface area (Å²) in [5.74, 6) is 0.563. The van der Waals surface area contributed by atoms with E-state index in [2.05, 4.69) is 26.0 Å². The third-order valence-corrected chi connectivity index (χ3v) is 5.05. The summed E-state index contributed by atoms with van der Waals surface area (Å²) < 4.78 is 1.96. The Morgan fingerprint density at radius 2 is 1.86 bits per heavy atom. The van der Waals surface area contributed by atoms with Crippen LogP contribution >= 0.6 is 0 Å². The number of carboxylic acids is 1. The minimum Gasteiger partial charge on any atom is -0.480 e. The number of rotatable bonds is 3. The lowest BCUT2D eigenvalue weighted by Gasteiger charge is -2.23. The van der Waals surface area contributed by atoms with Crippen LogP contribution in [0, 0.1) is 13.8 Å². The van der Waals surface area contributed by atoms with Gasteiger partial charge >= 0.3 is 5.97 Å². The zero-order chi connectivity index (χ0) is 15.9. The fourth-order valence-electron chi connectivity index (χ4n) is 3.54. The van der Waals surface area contributed by atoms with Gasteiger partial charge in [-0.3, -0.25) is 0 Å². The van der Waals surface area contributed by atoms with E-state index in [1.165, 1.54) is 30.4 Å². The highest BCUT2D eigenvalue weighted by Crippen LogP contribution is 2.36. The molecule has 4 nitrogen and oxygen atoms in total. The van der Waals surface area contributed by atoms with E-state index in [4.69, 9.17) is 4.98 Å². The van der Waals surface area contributed by atoms with Crippen molar-refractivity contribution in [2.24, 2.45) is 0 Å². The fraction of sp³-hybridized carbons (Fsp3) is 0.556. The van der Waals surface area contributed by atoms with Crippen molar-refractivity contribution in [1.82, 2.24) is 9.55 Å². The molecule has 118 valence electrons. The number of aliphatic carboxylic acids is 1. The Balaban J connectivity index is 2.20. The highest BCUT2D eigenvalue weighted by atomic mass is 16.4. The molecule has 1 N–H and O–H groups in total. The molecule has 22 heavy (non-hydrogen) atoms. The highest BCUT2D eigenvalue weighted by Gasteiger charge is 2.27. The monoisotopic (exact) mass is 300 g/mol. The molecule has 0 amide bonds. The van der Waals surface area contributed by atoms with Gasteiger partial charge in [0.05, 0.1) is 11.0 Å². The number of fused-ring (bicyclic) bond motifs is 1. The van der Waals surface area contributed by atoms with Gasteiger partial charge in [-0.05, 0) is 56.9 Å². The summed E-state index contributed by atoms with van der Waals surface area (Å²) in [6, 6.07) is 3.59. The Labute approximate surface area is 131 Å². The van der Waals surface area contributed by atoms with Crippen molar-refractivity contribution >= 4 is 17.0 Å². The standard InChI is InChI=1S/C18H24N2O2/c1-11-9-15-16(10-12(11)2)20(13(3)18(21)22)17(19-15)14-7-5-4-6-8-14/h9-10,13-14H,4-8H2,1-3H3,(H,21,22). The molecule has 1 atom stereocenters. The summed E-state index contributed by atoms with van der Waals surface area (Å²) in [5.41, 5.74) is 4.27. The first kappa shape index (κ1) is 15.1. The van der Waals surface area contributed by atoms with Crippen molar-refractivity contribution in [3.63, 3.8) is 0 Å². The summed E-state index contributed by atoms with van der Waals surface area (Å²) >= 11 is 0. The van der Waals surface area contributed by atoms with Crippen LogP contribution < -0.4 is 0 Å². The van der Waals surface area contributed by atoms with Crippen LogP contribution in [-0.2, 0) is 4.79 Å². The third-order valence-electron chi connectivity index (χ3n) is 5.05. The molecule has 2 aromatic rings. The summed E-state index contributed by atoms with van der Waals surface area (Å²) in [6.45, 7) is 5.90. The Hall–Kier alpha value is -1.84. The Kier molecular flexibility index (Phi) is 3.94. The minimum atomic E-state index is -0.797. The Morgan fingerprint density at radius 3 is 2.50 bits per heavy atom. The van der Waals surface area contributed by atoms with Crippen LogP contribution in [0.25, 0.3) is 11.0 Å². The van der Waals surface area contributed by atoms with E-state index in [0.29, 0.717) is 5.92 Å². The highest BCUT2D eigenvalue weighted by molar-refractivity contribution is 5.81. The second-order valence-electron chi connectivity index (χ2n) is 6.61. The van der Waals surface area contributed by atoms with Crippen molar-refractivity contribution in [2.45, 2.75) is 64.8 Å². The molecule has 1 aliphatic carbocycles. The van der Waals surface area contributed by atoms with Crippen molar-refractivity contribution < 1.29 is 9.90 Å². The molecular weight excluding hydrogens is 276 g/mol. The van der Waals surface area contributed by atoms with Gasteiger partial charge in [-0.1, -0.05) is 19.3 Å². The molecule has 0 radical (unpaired) electrons. The largest absolute Gasteiger partial charge is 0.480 e. The molecule has 1 heterocycles. The lowest BCUT2D eigenvalue weighted by Crippen LogP contribution is -2.20. The normalized spacial score (nSPS) is 17.8. The van der Waals surface area contributed by atoms with E-state index in [9.17, 15) is 9.90 Å². The van der Waals surface area contributed by atoms with Crippen LogP contribution in [-0.4, -0.2) is 20.6 Å². The van der Waals surface area contributed by atoms with Crippen LogP contribution in [0.15, 0.2) is 12.1 Å². The quantitative estimate of drug-likeness (QED) is 0.917. The third kappa shape index (κ3) is 2.51. The average Bonchev–Trinajstić information content (AvgIpc) is 2.86. The SMILES string of the molecule is Cc1cc2nc(C3CCCCC3)n(C(C)C(=O)O)c2cc1C. The maximum atomic E-state index is 11.6. The lowest BCUT2D eigenvalue weighted by molar-refractivity contribution is -0.140. The maximum Gasteiger partial charge on any atom is 0.326 e. The van der Waals surface area contributed by atoms with E-state index < -0.39 is 12.0 Å². The molecule has 0 bridgehead atoms. The lowest BCUT2D eigenvalue weighted by atomic mass is 9.88. The number of aromatic nitrogens is 2. The number of hydrogen-bond acceptors (Lipinski definition) is 2. The molecular formula is C18H24N2O2. The van der Waals surface area contributed by atoms with E-state index >= 15 is 0 Å². The van der Waals surface area contributed by atoms with Gasteiger partial charge in [0.1, 0.15) is 11.9 Å². The van der Waals surface area contributed by atoms with Crippen LogP contribution in [0.4, 0.5) is 0 Å². The maximum absolute atomic E-state index is 11.6. The molecule has 4 heteroatoms. The summed E-state index contributed by atoms with van der Waals surface area (Å²) in [6.07, 6.45) is 5.95. The van der Waals surface area contributed by atoms with E-state index in [-0.39, 0.29) is 0 Å². The van der Waals surface area contributed by atoms with Gasteiger partial charge in [-0.25, -0.2) is 9.78 Å². The molecule has 1 unspecified atom stereocenters. The molecule has 3 rings (SSSR count). The first-order chi connectivity index (χ1) is 10.5. The van der Waals surface area contributed by atoms with Gasteiger partial charge in [0, 0.05) is 5.92 Å². The van der Waals surface area contributed by atoms with E-state index in [1.54, 1.807) is 6.92 Å². The number of benzene rings is 1. The molecule has 1 aliphatic rings. The molecule has 1 saturated carbocycles. The van der Waals surface area contributed by atoms with Gasteiger partial charge in [0.15, 0.2) is 0 Å². The number of imidazole rings is 1. The zero-order valence-electron chi connectivity index (χ0n) is 13.6. The van der Waals surface area contributed by atoms with Crippen molar-refractivity contribution in [2.75, 3.05) is 0 Å². The molecule has 0 aliphatic heterocycles. The van der Waals surface area contributed by atoms with Gasteiger partial charge in [0.2, 0.25) is 0 Å². The first-order valence-corrected chi connectivity index (χ1v) is 8.21. The summed E-state index contributed by atoms with van der Waals surface area (Å²) in [4.78, 5) is 16.4. The number of aryl methyl sites for hydroxylation is 2. The van der Waals surface area contributed by atoms with Crippen LogP contribution in [0.1, 0.15) is 67.9 Å². The van der Waals surface area contributed by atoms with E-state index in [1.807, 2.05) is 4.57 Å². The molecule has 1 aromatic heterocycles. The number of carboxylic acid groups (broad SMARTS) is 1. The second-order valence-corrected chi connectivity index (χ2v) is 6.61. The van der Waals surface area contributed by atoms with Crippen LogP contribution in [0.2, 0.25) is 0 Å². The van der Waals surface area contributed by atoms with Crippen LogP contribution in [0.5, 0.6) is 0 Å². The predicted octanol–water partition coefficient (Wildman–Crippen LogP) is 4.35. The fourth-order valence-corrected chi connectivity index (χ4v) is 3.54. The summed E-state index contributed by atoms with van der Waals surface area (Å²) in [5, 5.41) is 9.51. The van der Waals surface area contributed by atoms with Crippen LogP contribution in [0.3, 0.4) is 0 Å². The topological polar surface area (TPSA) is 55.1 Å². The Bertz CT molecular complexity index is 711. The number of nitrogens with zero attached hydrogens (tertiary/aromatic N) is 2. The predicted molar refractivity (Wildman–Crippen MR) is 87.4 cm³/mol. The summed E-state index contributed by atoms with van der Waals surface area (Å²) in [7, 11) is 0. The molecule has 1 aromatic carbocycles. The van der Waals surface area contributed by atoms with Gasteiger partial charge in [-0.15, -0.1) is 0 Å². The van der Waals surface area contributed by atoms with Crippen molar-refractivity contribution in [3.8, 4) is 0 Å². The number of carbonyl (C=O) groups is 1. The smallest absolute Gasteiger partial charge is 0.326 e. The van der Waals surface area contributed by atoms with Gasteiger partial charge < -0.3 is 9.67 Å². The van der Waals surface area contributed by atoms with Gasteiger partial charge in [-0.2, -0.15) is 0 Å². The number of hydrogen-bond donors (Lipinski definition) is 1. The van der Waals surface area contributed by atoms with Crippen molar-refractivity contribution in [3.05, 3.63) is 29.1 Å². The minimum absolute atomic E-state index is 0.392. The molecule has 0 spiro atoms. The van der Waals surface area contributed by atoms with Crippen molar-refractivity contribution in [1.29, 1.82) is 0 Å².